The summed E-state index contributed by atoms with van der Waals surface area (Å²) in [6.45, 7) is 10.3. The molecule has 0 aliphatic carbocycles. The molecule has 0 aliphatic heterocycles. The van der Waals surface area contributed by atoms with Crippen LogP contribution in [0, 0.1) is 5.92 Å². The molecule has 0 saturated carbocycles. The van der Waals surface area contributed by atoms with Gasteiger partial charge >= 0.3 is 11.9 Å². The third-order valence-corrected chi connectivity index (χ3v) is 3.05. The summed E-state index contributed by atoms with van der Waals surface area (Å²) in [7, 11) is 0. The third kappa shape index (κ3) is 7.88. The smallest absolute Gasteiger partial charge is 0.334 e. The lowest BCUT2D eigenvalue weighted by molar-refractivity contribution is -0.142. The molecule has 0 aromatic carbocycles. The van der Waals surface area contributed by atoms with Crippen molar-refractivity contribution < 1.29 is 19.1 Å². The summed E-state index contributed by atoms with van der Waals surface area (Å²) in [5.74, 6) is -0.483. The Hall–Kier alpha value is -1.32. The van der Waals surface area contributed by atoms with E-state index in [-0.39, 0.29) is 17.9 Å². The van der Waals surface area contributed by atoms with Crippen molar-refractivity contribution in [3.8, 4) is 0 Å². The van der Waals surface area contributed by atoms with Gasteiger partial charge in [0.15, 0.2) is 0 Å². The zero-order chi connectivity index (χ0) is 16.3. The second-order valence-corrected chi connectivity index (χ2v) is 5.45. The van der Waals surface area contributed by atoms with Gasteiger partial charge in [-0.2, -0.15) is 0 Å². The Kier molecular flexibility index (Phi) is 10.6. The Balaban J connectivity index is 5.40. The van der Waals surface area contributed by atoms with Crippen molar-refractivity contribution in [2.24, 2.45) is 5.92 Å². The van der Waals surface area contributed by atoms with Gasteiger partial charge in [0.2, 0.25) is 0 Å². The minimum atomic E-state index is -0.384. The molecule has 0 aromatic rings. The summed E-state index contributed by atoms with van der Waals surface area (Å²) < 4.78 is 10.2. The predicted octanol–water partition coefficient (Wildman–Crippen LogP) is 4.04. The van der Waals surface area contributed by atoms with Crippen LogP contribution < -0.4 is 0 Å². The molecule has 0 unspecified atom stereocenters. The van der Waals surface area contributed by atoms with E-state index >= 15 is 0 Å². The van der Waals surface area contributed by atoms with E-state index in [0.717, 1.165) is 19.3 Å². The summed E-state index contributed by atoms with van der Waals surface area (Å²) >= 11 is 0. The average molecular weight is 298 g/mol. The second kappa shape index (κ2) is 11.4. The van der Waals surface area contributed by atoms with Crippen LogP contribution in [0.3, 0.4) is 0 Å². The summed E-state index contributed by atoms with van der Waals surface area (Å²) in [6.07, 6.45) is 4.09. The molecule has 0 rings (SSSR count). The van der Waals surface area contributed by atoms with Crippen LogP contribution in [0.15, 0.2) is 11.1 Å². The third-order valence-electron chi connectivity index (χ3n) is 3.05. The highest BCUT2D eigenvalue weighted by Crippen LogP contribution is 2.22. The highest BCUT2D eigenvalue weighted by molar-refractivity contribution is 6.00. The van der Waals surface area contributed by atoms with Crippen molar-refractivity contribution in [1.82, 2.24) is 0 Å². The zero-order valence-corrected chi connectivity index (χ0v) is 14.2. The molecule has 0 bridgehead atoms. The molecule has 0 spiro atoms. The first-order valence-electron chi connectivity index (χ1n) is 8.04. The lowest BCUT2D eigenvalue weighted by Crippen LogP contribution is -2.18. The molecule has 0 heterocycles. The van der Waals surface area contributed by atoms with Gasteiger partial charge in [-0.15, -0.1) is 0 Å². The van der Waals surface area contributed by atoms with E-state index in [9.17, 15) is 9.59 Å². The molecule has 0 atom stereocenters. The number of carbonyl (C=O) groups is 2. The van der Waals surface area contributed by atoms with Crippen LogP contribution in [-0.2, 0) is 19.1 Å². The Morgan fingerprint density at radius 3 is 1.81 bits per heavy atom. The summed E-state index contributed by atoms with van der Waals surface area (Å²) in [6, 6.07) is 0. The Morgan fingerprint density at radius 1 is 0.857 bits per heavy atom. The fourth-order valence-corrected chi connectivity index (χ4v) is 2.10. The molecule has 4 heteroatoms. The van der Waals surface area contributed by atoms with Crippen LogP contribution in [0.25, 0.3) is 0 Å². The van der Waals surface area contributed by atoms with Crippen LogP contribution in [-0.4, -0.2) is 25.2 Å². The molecule has 0 fully saturated rings. The van der Waals surface area contributed by atoms with Crippen molar-refractivity contribution >= 4 is 11.9 Å². The molecular weight excluding hydrogens is 268 g/mol. The fraction of sp³-hybridized carbons (Fsp3) is 0.765. The van der Waals surface area contributed by atoms with Crippen molar-refractivity contribution in [2.45, 2.75) is 66.7 Å². The molecule has 0 aliphatic rings. The van der Waals surface area contributed by atoms with Gasteiger partial charge < -0.3 is 9.47 Å². The van der Waals surface area contributed by atoms with Crippen LogP contribution in [0.1, 0.15) is 66.7 Å². The SMILES string of the molecule is CCCCC/C(C(=O)OCC)=C(\CC(C)C)C(=O)OCC. The van der Waals surface area contributed by atoms with Gasteiger partial charge in [-0.1, -0.05) is 33.6 Å². The number of unbranched alkanes of at least 4 members (excludes halogenated alkanes) is 2. The highest BCUT2D eigenvalue weighted by atomic mass is 16.5. The van der Waals surface area contributed by atoms with Gasteiger partial charge in [-0.25, -0.2) is 9.59 Å². The van der Waals surface area contributed by atoms with Gasteiger partial charge in [0.25, 0.3) is 0 Å². The molecular formula is C17H30O4. The number of rotatable bonds is 10. The van der Waals surface area contributed by atoms with Crippen LogP contribution >= 0.6 is 0 Å². The van der Waals surface area contributed by atoms with Crippen LogP contribution in [0.4, 0.5) is 0 Å². The van der Waals surface area contributed by atoms with E-state index in [4.69, 9.17) is 9.47 Å². The first-order valence-corrected chi connectivity index (χ1v) is 8.04. The second-order valence-electron chi connectivity index (χ2n) is 5.45. The highest BCUT2D eigenvalue weighted by Gasteiger charge is 2.23. The maximum atomic E-state index is 12.2. The average Bonchev–Trinajstić information content (AvgIpc) is 2.42. The molecule has 21 heavy (non-hydrogen) atoms. The predicted molar refractivity (Wildman–Crippen MR) is 83.9 cm³/mol. The Bertz CT molecular complexity index is 356. The van der Waals surface area contributed by atoms with E-state index < -0.39 is 0 Å². The minimum absolute atomic E-state index is 0.278. The van der Waals surface area contributed by atoms with E-state index in [1.807, 2.05) is 13.8 Å². The first kappa shape index (κ1) is 19.7. The lowest BCUT2D eigenvalue weighted by Gasteiger charge is -2.15. The number of hydrogen-bond donors (Lipinski definition) is 0. The monoisotopic (exact) mass is 298 g/mol. The standard InChI is InChI=1S/C17H30O4/c1-6-9-10-11-14(16(18)20-7-2)15(12-13(4)5)17(19)21-8-3/h13H,6-12H2,1-5H3/b15-14-. The minimum Gasteiger partial charge on any atom is -0.463 e. The van der Waals surface area contributed by atoms with Gasteiger partial charge in [0.05, 0.1) is 13.2 Å². The van der Waals surface area contributed by atoms with E-state index in [1.54, 1.807) is 13.8 Å². The number of esters is 2. The largest absolute Gasteiger partial charge is 0.463 e. The quantitative estimate of drug-likeness (QED) is 0.347. The van der Waals surface area contributed by atoms with Gasteiger partial charge in [-0.3, -0.25) is 0 Å². The molecule has 0 amide bonds. The van der Waals surface area contributed by atoms with Crippen LogP contribution in [0.5, 0.6) is 0 Å². The molecule has 0 radical (unpaired) electrons. The topological polar surface area (TPSA) is 52.6 Å². The normalized spacial score (nSPS) is 12.1. The number of hydrogen-bond acceptors (Lipinski definition) is 4. The Labute approximate surface area is 128 Å². The van der Waals surface area contributed by atoms with Gasteiger partial charge in [0.1, 0.15) is 0 Å². The first-order chi connectivity index (χ1) is 9.97. The molecule has 0 saturated heterocycles. The van der Waals surface area contributed by atoms with Gasteiger partial charge in [-0.05, 0) is 39.0 Å². The summed E-state index contributed by atoms with van der Waals surface area (Å²) in [5, 5.41) is 0. The van der Waals surface area contributed by atoms with E-state index in [1.165, 1.54) is 0 Å². The maximum Gasteiger partial charge on any atom is 0.334 e. The van der Waals surface area contributed by atoms with Gasteiger partial charge in [0, 0.05) is 11.1 Å². The molecule has 4 nitrogen and oxygen atoms in total. The van der Waals surface area contributed by atoms with E-state index in [0.29, 0.717) is 37.2 Å². The number of ether oxygens (including phenoxy) is 2. The van der Waals surface area contributed by atoms with E-state index in [2.05, 4.69) is 6.92 Å². The van der Waals surface area contributed by atoms with Crippen molar-refractivity contribution in [1.29, 1.82) is 0 Å². The molecule has 0 aromatic heterocycles. The fourth-order valence-electron chi connectivity index (χ4n) is 2.10. The van der Waals surface area contributed by atoms with Crippen molar-refractivity contribution in [3.63, 3.8) is 0 Å². The van der Waals surface area contributed by atoms with Crippen molar-refractivity contribution in [2.75, 3.05) is 13.2 Å². The Morgan fingerprint density at radius 2 is 1.38 bits per heavy atom. The van der Waals surface area contributed by atoms with Crippen molar-refractivity contribution in [3.05, 3.63) is 11.1 Å². The molecule has 122 valence electrons. The number of carbonyl (C=O) groups excluding carboxylic acids is 2. The molecule has 0 N–H and O–H groups in total. The zero-order valence-electron chi connectivity index (χ0n) is 14.2. The van der Waals surface area contributed by atoms with Crippen LogP contribution in [0.2, 0.25) is 0 Å². The maximum absolute atomic E-state index is 12.2. The summed E-state index contributed by atoms with van der Waals surface area (Å²) in [4.78, 5) is 24.4. The lowest BCUT2D eigenvalue weighted by atomic mass is 9.94. The summed E-state index contributed by atoms with van der Waals surface area (Å²) in [5.41, 5.74) is 0.985.